The van der Waals surface area contributed by atoms with E-state index in [4.69, 9.17) is 24.7 Å². The monoisotopic (exact) mass is 485 g/mol. The average molecular weight is 486 g/mol. The van der Waals surface area contributed by atoms with Crippen LogP contribution in [0.15, 0.2) is 73.3 Å². The largest absolute Gasteiger partial charge is 0.382 e. The van der Waals surface area contributed by atoms with Gasteiger partial charge in [0.15, 0.2) is 23.3 Å². The lowest BCUT2D eigenvalue weighted by atomic mass is 9.91. The van der Waals surface area contributed by atoms with Crippen molar-refractivity contribution in [3.05, 3.63) is 84.4 Å². The Bertz CT molecular complexity index is 1380. The van der Waals surface area contributed by atoms with Gasteiger partial charge in [0, 0.05) is 0 Å². The molecule has 184 valence electrons. The minimum atomic E-state index is -0.749. The highest BCUT2D eigenvalue weighted by molar-refractivity contribution is 5.81. The van der Waals surface area contributed by atoms with Crippen molar-refractivity contribution in [3.8, 4) is 0 Å². The number of hydrogen-bond donors (Lipinski definition) is 1. The molecule has 1 spiro atoms. The van der Waals surface area contributed by atoms with Gasteiger partial charge in [0.25, 0.3) is 0 Å². The molecule has 0 amide bonds. The Labute approximate surface area is 208 Å². The molecule has 2 saturated heterocycles. The van der Waals surface area contributed by atoms with Gasteiger partial charge in [-0.15, -0.1) is 0 Å². The molecule has 9 nitrogen and oxygen atoms in total. The van der Waals surface area contributed by atoms with Gasteiger partial charge in [0.1, 0.15) is 29.7 Å². The predicted octanol–water partition coefficient (Wildman–Crippen LogP) is 3.41. The first-order chi connectivity index (χ1) is 17.7. The molecule has 4 heterocycles. The summed E-state index contributed by atoms with van der Waals surface area (Å²) >= 11 is 0. The van der Waals surface area contributed by atoms with Crippen LogP contribution in [0.4, 0.5) is 5.82 Å². The van der Waals surface area contributed by atoms with Crippen LogP contribution in [0.25, 0.3) is 11.2 Å². The smallest absolute Gasteiger partial charge is 0.167 e. The predicted molar refractivity (Wildman–Crippen MR) is 131 cm³/mol. The van der Waals surface area contributed by atoms with Crippen LogP contribution >= 0.6 is 0 Å². The Morgan fingerprint density at radius 1 is 0.917 bits per heavy atom. The highest BCUT2D eigenvalue weighted by Crippen LogP contribution is 2.65. The van der Waals surface area contributed by atoms with Crippen molar-refractivity contribution in [2.75, 3.05) is 12.3 Å². The van der Waals surface area contributed by atoms with Crippen LogP contribution in [0.3, 0.4) is 0 Å². The number of nitrogens with zero attached hydrogens (tertiary/aromatic N) is 4. The SMILES string of the molecule is Nc1ncnc2c1ncn2[C@@H]1O[C@]2(COCc3ccccc3)[C@H](OCc3ccccc3)[C@@H]1OC21CC1. The van der Waals surface area contributed by atoms with E-state index in [2.05, 4.69) is 39.2 Å². The summed E-state index contributed by atoms with van der Waals surface area (Å²) in [6.07, 6.45) is 3.82. The van der Waals surface area contributed by atoms with Crippen LogP contribution in [0.1, 0.15) is 30.2 Å². The molecular weight excluding hydrogens is 458 g/mol. The maximum Gasteiger partial charge on any atom is 0.167 e. The Balaban J connectivity index is 1.22. The van der Waals surface area contributed by atoms with Crippen LogP contribution in [0, 0.1) is 0 Å². The molecule has 9 heteroatoms. The van der Waals surface area contributed by atoms with E-state index in [9.17, 15) is 0 Å². The van der Waals surface area contributed by atoms with Crippen molar-refractivity contribution in [1.29, 1.82) is 0 Å². The summed E-state index contributed by atoms with van der Waals surface area (Å²) < 4.78 is 28.4. The molecule has 1 aliphatic carbocycles. The second-order valence-electron chi connectivity index (χ2n) is 9.75. The summed E-state index contributed by atoms with van der Waals surface area (Å²) in [6, 6.07) is 20.3. The van der Waals surface area contributed by atoms with Crippen LogP contribution in [0.2, 0.25) is 0 Å². The molecule has 4 aromatic rings. The fraction of sp³-hybridized carbons (Fsp3) is 0.370. The van der Waals surface area contributed by atoms with Gasteiger partial charge >= 0.3 is 0 Å². The molecule has 4 atom stereocenters. The first-order valence-electron chi connectivity index (χ1n) is 12.2. The van der Waals surface area contributed by atoms with E-state index >= 15 is 0 Å². The van der Waals surface area contributed by atoms with E-state index in [1.807, 2.05) is 41.0 Å². The average Bonchev–Trinajstić information content (AvgIpc) is 3.34. The van der Waals surface area contributed by atoms with E-state index in [-0.39, 0.29) is 12.2 Å². The molecule has 3 fully saturated rings. The lowest BCUT2D eigenvalue weighted by molar-refractivity contribution is -0.241. The van der Waals surface area contributed by atoms with Crippen LogP contribution in [-0.2, 0) is 32.2 Å². The first-order valence-corrected chi connectivity index (χ1v) is 12.2. The van der Waals surface area contributed by atoms with Crippen LogP contribution in [0.5, 0.6) is 0 Å². The van der Waals surface area contributed by atoms with Crippen molar-refractivity contribution in [2.24, 2.45) is 0 Å². The van der Waals surface area contributed by atoms with Crippen LogP contribution < -0.4 is 5.73 Å². The number of anilines is 1. The number of ether oxygens (including phenoxy) is 4. The summed E-state index contributed by atoms with van der Waals surface area (Å²) in [5.41, 5.74) is 8.24. The van der Waals surface area contributed by atoms with Crippen molar-refractivity contribution < 1.29 is 18.9 Å². The fourth-order valence-corrected chi connectivity index (χ4v) is 5.67. The number of rotatable bonds is 8. The van der Waals surface area contributed by atoms with Gasteiger partial charge in [-0.05, 0) is 24.0 Å². The molecular formula is C27H27N5O4. The van der Waals surface area contributed by atoms with E-state index in [0.29, 0.717) is 36.8 Å². The number of imidazole rings is 1. The Kier molecular flexibility index (Phi) is 5.07. The normalized spacial score (nSPS) is 27.7. The number of hydrogen-bond acceptors (Lipinski definition) is 8. The molecule has 7 rings (SSSR count). The lowest BCUT2D eigenvalue weighted by Crippen LogP contribution is -2.53. The van der Waals surface area contributed by atoms with E-state index < -0.39 is 17.4 Å². The van der Waals surface area contributed by atoms with Gasteiger partial charge in [0.05, 0.1) is 26.1 Å². The topological polar surface area (TPSA) is 107 Å². The summed E-state index contributed by atoms with van der Waals surface area (Å²) in [6.45, 7) is 1.30. The van der Waals surface area contributed by atoms with Crippen molar-refractivity contribution in [1.82, 2.24) is 19.5 Å². The second-order valence-corrected chi connectivity index (χ2v) is 9.75. The number of benzene rings is 2. The molecule has 2 aromatic heterocycles. The highest BCUT2D eigenvalue weighted by atomic mass is 16.7. The molecule has 2 aliphatic heterocycles. The maximum absolute atomic E-state index is 6.90. The third-order valence-corrected chi connectivity index (χ3v) is 7.57. The van der Waals surface area contributed by atoms with Crippen molar-refractivity contribution >= 4 is 17.0 Å². The van der Waals surface area contributed by atoms with E-state index in [1.54, 1.807) is 6.33 Å². The zero-order chi connectivity index (χ0) is 24.2. The zero-order valence-electron chi connectivity index (χ0n) is 19.7. The molecule has 2 N–H and O–H groups in total. The summed E-state index contributed by atoms with van der Waals surface area (Å²) in [7, 11) is 0. The van der Waals surface area contributed by atoms with Crippen molar-refractivity contribution in [3.63, 3.8) is 0 Å². The standard InChI is InChI=1S/C27H27N5O4/c28-23-20-24(30-16-29-23)32(17-31-20)25-21-22(34-14-19-9-5-2-6-10-19)27(36-25,26(35-21)11-12-26)15-33-13-18-7-3-1-4-8-18/h1-10,16-17,21-22,25H,11-15H2,(H2,28,29,30)/t21-,22+,25+,27+/m0/s1. The molecule has 36 heavy (non-hydrogen) atoms. The maximum atomic E-state index is 6.90. The third-order valence-electron chi connectivity index (χ3n) is 7.57. The number of nitrogens with two attached hydrogens (primary N) is 1. The lowest BCUT2D eigenvalue weighted by Gasteiger charge is -2.38. The fourth-order valence-electron chi connectivity index (χ4n) is 5.67. The van der Waals surface area contributed by atoms with Gasteiger partial charge in [0.2, 0.25) is 0 Å². The van der Waals surface area contributed by atoms with Gasteiger partial charge < -0.3 is 24.7 Å². The summed E-state index contributed by atoms with van der Waals surface area (Å²) in [5.74, 6) is 0.333. The first kappa shape index (κ1) is 21.9. The molecule has 3 aliphatic rings. The zero-order valence-corrected chi connectivity index (χ0v) is 19.7. The van der Waals surface area contributed by atoms with E-state index in [0.717, 1.165) is 24.0 Å². The quantitative estimate of drug-likeness (QED) is 0.405. The third kappa shape index (κ3) is 3.35. The molecule has 1 saturated carbocycles. The Hall–Kier alpha value is -3.37. The highest BCUT2D eigenvalue weighted by Gasteiger charge is 2.79. The van der Waals surface area contributed by atoms with E-state index in [1.165, 1.54) is 6.33 Å². The van der Waals surface area contributed by atoms with Gasteiger partial charge in [-0.3, -0.25) is 4.57 Å². The van der Waals surface area contributed by atoms with Crippen molar-refractivity contribution in [2.45, 2.75) is 55.7 Å². The molecule has 0 unspecified atom stereocenters. The summed E-state index contributed by atoms with van der Waals surface area (Å²) in [4.78, 5) is 12.9. The molecule has 2 aromatic carbocycles. The minimum absolute atomic E-state index is 0.322. The number of aromatic nitrogens is 4. The second kappa shape index (κ2) is 8.35. The Morgan fingerprint density at radius 3 is 2.36 bits per heavy atom. The number of fused-ring (bicyclic) bond motifs is 4. The van der Waals surface area contributed by atoms with Crippen LogP contribution in [-0.4, -0.2) is 49.5 Å². The molecule has 2 bridgehead atoms. The summed E-state index contributed by atoms with van der Waals surface area (Å²) in [5, 5.41) is 0. The number of nitrogen functional groups attached to an aromatic ring is 1. The molecule has 0 radical (unpaired) electrons. The van der Waals surface area contributed by atoms with Gasteiger partial charge in [-0.25, -0.2) is 15.0 Å². The Morgan fingerprint density at radius 2 is 1.64 bits per heavy atom. The van der Waals surface area contributed by atoms with Gasteiger partial charge in [-0.1, -0.05) is 60.7 Å². The van der Waals surface area contributed by atoms with Gasteiger partial charge in [-0.2, -0.15) is 0 Å². The minimum Gasteiger partial charge on any atom is -0.382 e.